The maximum absolute atomic E-state index is 15.7. The van der Waals surface area contributed by atoms with Gasteiger partial charge in [0.15, 0.2) is 5.96 Å². The molecule has 712 valence electrons. The zero-order valence-electron chi connectivity index (χ0n) is 74.3. The molecule has 15 atom stereocenters. The molecule has 3 fully saturated rings. The average Bonchev–Trinajstić information content (AvgIpc) is 1.64. The minimum absolute atomic E-state index is 0. The Balaban J connectivity index is 0.0000231. The number of guanidine groups is 1. The number of primary amides is 1. The van der Waals surface area contributed by atoms with E-state index in [1.54, 1.807) is 74.8 Å². The lowest BCUT2D eigenvalue weighted by Gasteiger charge is -2.36. The van der Waals surface area contributed by atoms with Crippen molar-refractivity contribution in [2.24, 2.45) is 23.1 Å². The van der Waals surface area contributed by atoms with E-state index in [1.807, 2.05) is 13.8 Å². The lowest BCUT2D eigenvalue weighted by Crippen LogP contribution is -2.61. The Bertz CT molecular complexity index is 4820. The molecule has 42 heteroatoms. The first-order valence-corrected chi connectivity index (χ1v) is 44.8. The van der Waals surface area contributed by atoms with Crippen molar-refractivity contribution in [1.29, 1.82) is 5.41 Å². The molecular formula is C88H130N22O19S. The van der Waals surface area contributed by atoms with E-state index in [2.05, 4.69) is 68.5 Å². The Morgan fingerprint density at radius 1 is 0.562 bits per heavy atom. The summed E-state index contributed by atoms with van der Waals surface area (Å²) >= 11 is 0.787. The number of para-hydroxylation sites is 2. The molecule has 5 heterocycles. The molecule has 8 rings (SSSR count). The van der Waals surface area contributed by atoms with Gasteiger partial charge < -0.3 is 125 Å². The van der Waals surface area contributed by atoms with Crippen molar-refractivity contribution >= 4 is 134 Å². The molecule has 41 nitrogen and oxygen atoms in total. The number of aliphatic hydroxyl groups is 2. The highest BCUT2D eigenvalue weighted by molar-refractivity contribution is 8.00. The molecule has 130 heavy (non-hydrogen) atoms. The molecule has 0 radical (unpaired) electrons. The van der Waals surface area contributed by atoms with Gasteiger partial charge in [0, 0.05) is 113 Å². The molecule has 0 spiro atoms. The number of benzene rings is 3. The first kappa shape index (κ1) is 105. The van der Waals surface area contributed by atoms with Gasteiger partial charge in [-0.05, 0) is 106 Å². The van der Waals surface area contributed by atoms with Crippen molar-refractivity contribution in [2.45, 2.75) is 236 Å². The van der Waals surface area contributed by atoms with Crippen LogP contribution >= 0.6 is 11.8 Å². The predicted molar refractivity (Wildman–Crippen MR) is 485 cm³/mol. The van der Waals surface area contributed by atoms with E-state index in [1.165, 1.54) is 64.2 Å². The largest absolute Gasteiger partial charge is 0.508 e. The van der Waals surface area contributed by atoms with Crippen molar-refractivity contribution in [3.05, 3.63) is 102 Å². The lowest BCUT2D eigenvalue weighted by atomic mass is 10.00. The number of thioether (sulfide) groups is 1. The summed E-state index contributed by atoms with van der Waals surface area (Å²) < 4.78 is 0. The minimum atomic E-state index is -1.87. The number of fused-ring (bicyclic) bond motifs is 4. The number of likely N-dealkylation sites (N-methyl/N-ethyl adjacent to an activating group) is 3. The van der Waals surface area contributed by atoms with Crippen LogP contribution < -0.4 is 75.7 Å². The maximum atomic E-state index is 15.7. The van der Waals surface area contributed by atoms with Crippen LogP contribution in [0, 0.1) is 11.3 Å². The molecule has 0 saturated carbocycles. The number of carbonyl (C=O) groups excluding carboxylic acids is 16. The number of rotatable bonds is 23. The molecular weight excluding hydrogens is 1700 g/mol. The van der Waals surface area contributed by atoms with Gasteiger partial charge in [-0.1, -0.05) is 109 Å². The Labute approximate surface area is 759 Å². The fourth-order valence-corrected chi connectivity index (χ4v) is 16.8. The second-order valence-electron chi connectivity index (χ2n) is 33.4. The number of H-pyrrole nitrogens is 2. The maximum Gasteiger partial charge on any atom is 0.247 e. The van der Waals surface area contributed by atoms with Gasteiger partial charge in [0.1, 0.15) is 90.3 Å². The number of aromatic amines is 2. The van der Waals surface area contributed by atoms with E-state index in [0.29, 0.717) is 70.6 Å². The molecule has 3 saturated heterocycles. The molecule has 16 amide bonds. The monoisotopic (exact) mass is 1830 g/mol. The number of hydrogen-bond acceptors (Lipinski definition) is 22. The van der Waals surface area contributed by atoms with Crippen LogP contribution in [0.25, 0.3) is 21.8 Å². The highest BCUT2D eigenvalue weighted by atomic mass is 32.2. The fraction of sp³-hybridized carbons (Fsp3) is 0.557. The van der Waals surface area contributed by atoms with Crippen molar-refractivity contribution in [3.63, 3.8) is 0 Å². The fourth-order valence-electron chi connectivity index (χ4n) is 15.9. The molecule has 3 aromatic carbocycles. The molecule has 0 aliphatic carbocycles. The number of unbranched alkanes of at least 4 members (excludes halogenated alkanes) is 2. The number of phenols is 1. The van der Waals surface area contributed by atoms with Crippen molar-refractivity contribution in [3.8, 4) is 5.75 Å². The summed E-state index contributed by atoms with van der Waals surface area (Å²) in [5.41, 5.74) is 20.0. The number of aliphatic hydroxyl groups excluding tert-OH is 2. The molecule has 0 bridgehead atoms. The Kier molecular flexibility index (Phi) is 40.2. The number of aromatic hydroxyl groups is 1. The molecule has 23 N–H and O–H groups in total. The topological polar surface area (TPSA) is 616 Å². The van der Waals surface area contributed by atoms with Crippen LogP contribution in [0.15, 0.2) is 85.2 Å². The first-order valence-electron chi connectivity index (χ1n) is 43.6. The molecule has 2 aromatic heterocycles. The summed E-state index contributed by atoms with van der Waals surface area (Å²) in [6.07, 6.45) is 2.67. The summed E-state index contributed by atoms with van der Waals surface area (Å²) in [6.45, 7) is 7.18. The summed E-state index contributed by atoms with van der Waals surface area (Å²) in [7, 11) is 3.97. The number of carbonyl (C=O) groups is 16. The van der Waals surface area contributed by atoms with Crippen molar-refractivity contribution < 1.29 is 92.0 Å². The predicted octanol–water partition coefficient (Wildman–Crippen LogP) is -2.16. The van der Waals surface area contributed by atoms with Crippen LogP contribution in [0.1, 0.15) is 143 Å². The Hall–Kier alpha value is -12.4. The van der Waals surface area contributed by atoms with Crippen LogP contribution in [0.4, 0.5) is 0 Å². The zero-order valence-corrected chi connectivity index (χ0v) is 75.2. The van der Waals surface area contributed by atoms with Crippen molar-refractivity contribution in [1.82, 2.24) is 93.0 Å². The van der Waals surface area contributed by atoms with Gasteiger partial charge in [0.2, 0.25) is 94.5 Å². The lowest BCUT2D eigenvalue weighted by molar-refractivity contribution is -0.149. The van der Waals surface area contributed by atoms with E-state index in [0.717, 1.165) is 31.4 Å². The molecule has 0 unspecified atom stereocenters. The second kappa shape index (κ2) is 49.9. The summed E-state index contributed by atoms with van der Waals surface area (Å²) in [6, 6.07) is -0.976. The standard InChI is InChI=1S/C87H126N22O19S.CH4/c1-10-12-25-67-79(121)98-59(24-18-32-92-87(90)91)76(118)104-66(75(117)95-42-71(89)113)45-129-46-72(114)97-62(35-50-28-30-53(111)31-29-50)82(124)105(7)49(6)74(116)102-64(39-88)85(127)108-33-19-27-68(108)80(122)96-48(5)73(115)100-61(34-47(3)4)84(126)109-43-54(112)38-70(109)81(123)99-60(36-51-40-93-57-22-16-14-20-55(51)57)77(119)103-65(44-110)78(120)101-63(37-52-41-94-58-23-17-15-21-56(52)58)83(125)107(9)69(26-13-11-2)86(128)106(67)8;/h14-17,20-23,28-31,40-41,47-49,54,59-70,93-94,110-112H,10-13,18-19,24-27,32-39,42-46,88H2,1-9H3,(H2,89,113)(H,95,117)(H,96,122)(H,97,114)(H,98,121)(H,99,123)(H,100,115)(H,101,120)(H,102,116)(H,103,119)(H,104,118)(H4,90,91,92);1H4/t48-,49-,54+,59-,60-,61-,62-,63-,64-,65-,66-,67-,68-,69-,70-;/m0./s1. The Morgan fingerprint density at radius 2 is 1.09 bits per heavy atom. The smallest absolute Gasteiger partial charge is 0.247 e. The van der Waals surface area contributed by atoms with Gasteiger partial charge in [-0.3, -0.25) is 82.1 Å². The van der Waals surface area contributed by atoms with Gasteiger partial charge >= 0.3 is 0 Å². The van der Waals surface area contributed by atoms with Crippen LogP contribution in [0.3, 0.4) is 0 Å². The average molecular weight is 1830 g/mol. The van der Waals surface area contributed by atoms with Gasteiger partial charge in [-0.2, -0.15) is 0 Å². The molecule has 3 aliphatic heterocycles. The third-order valence-electron chi connectivity index (χ3n) is 23.3. The summed E-state index contributed by atoms with van der Waals surface area (Å²) in [5, 5.41) is 70.8. The Morgan fingerprint density at radius 3 is 1.69 bits per heavy atom. The first-order chi connectivity index (χ1) is 61.4. The van der Waals surface area contributed by atoms with Crippen LogP contribution in [-0.2, 0) is 96.0 Å². The van der Waals surface area contributed by atoms with Gasteiger partial charge in [0.25, 0.3) is 0 Å². The number of aromatic nitrogens is 2. The second-order valence-corrected chi connectivity index (χ2v) is 34.5. The molecule has 5 aromatic rings. The highest BCUT2D eigenvalue weighted by Gasteiger charge is 2.46. The number of hydrogen-bond donors (Lipinski definition) is 20. The summed E-state index contributed by atoms with van der Waals surface area (Å²) in [4.78, 5) is 246. The van der Waals surface area contributed by atoms with E-state index < -0.39 is 229 Å². The van der Waals surface area contributed by atoms with E-state index in [4.69, 9.17) is 22.6 Å². The van der Waals surface area contributed by atoms with Gasteiger partial charge in [0.05, 0.1) is 25.0 Å². The number of nitrogens with zero attached hydrogens (tertiary/aromatic N) is 5. The number of nitrogens with one attached hydrogen (secondary N) is 14. The van der Waals surface area contributed by atoms with Gasteiger partial charge in [-0.15, -0.1) is 11.8 Å². The number of amides is 16. The normalized spacial score (nSPS) is 25.2. The van der Waals surface area contributed by atoms with Crippen LogP contribution in [0.2, 0.25) is 0 Å². The third-order valence-corrected chi connectivity index (χ3v) is 24.3. The summed E-state index contributed by atoms with van der Waals surface area (Å²) in [5.74, 6) is -16.0. The van der Waals surface area contributed by atoms with Crippen LogP contribution in [0.5, 0.6) is 5.75 Å². The van der Waals surface area contributed by atoms with Crippen molar-refractivity contribution in [2.75, 3.05) is 72.0 Å². The van der Waals surface area contributed by atoms with Gasteiger partial charge in [-0.25, -0.2) is 0 Å². The minimum Gasteiger partial charge on any atom is -0.508 e. The quantitative estimate of drug-likeness (QED) is 0.0188. The number of phenolic OH excluding ortho intramolecular Hbond substituents is 1. The molecule has 3 aliphatic rings. The van der Waals surface area contributed by atoms with E-state index in [9.17, 15) is 58.5 Å². The van der Waals surface area contributed by atoms with E-state index in [-0.39, 0.29) is 96.4 Å². The zero-order chi connectivity index (χ0) is 94.6. The third kappa shape index (κ3) is 28.8. The SMILES string of the molecule is C.CCCC[C@H]1C(=O)N(C)[C@@H](CCCC)C(=O)N[C@@H](CCCNC(=N)N)C(=O)N[C@H](C(=O)NCC(N)=O)CSCC(=O)N[C@@H](Cc2ccc(O)cc2)C(=O)N(C)[C@@H](C)C(=O)N[C@@H](CN)C(=O)N2CCC[C@H]2C(=O)N[C@@H](C)C(=O)N[C@@H](CC(C)C)C(=O)N2C[C@H](O)C[C@H]2C(=O)N[C@@H](Cc2c[nH]c3ccccc23)C(=O)N[C@@H](CO)C(=O)N[C@@H](Cc2c[nH]c3ccccc23)C(=O)N1C. The number of nitrogens with two attached hydrogens (primary N) is 3. The van der Waals surface area contributed by atoms with Crippen LogP contribution in [-0.4, -0.2) is 313 Å². The van der Waals surface area contributed by atoms with E-state index >= 15 is 33.6 Å². The highest BCUT2D eigenvalue weighted by Crippen LogP contribution is 2.28.